The molecular weight excluding hydrogens is 416 g/mol. The first-order valence-corrected chi connectivity index (χ1v) is 12.0. The zero-order valence-corrected chi connectivity index (χ0v) is 19.4. The van der Waals surface area contributed by atoms with Crippen LogP contribution in [0.4, 0.5) is 16.2 Å². The quantitative estimate of drug-likeness (QED) is 0.297. The molecule has 3 rings (SSSR count). The molecule has 0 aliphatic carbocycles. The van der Waals surface area contributed by atoms with E-state index in [-0.39, 0.29) is 12.4 Å². The number of benzene rings is 2. The summed E-state index contributed by atoms with van der Waals surface area (Å²) >= 11 is 0. The van der Waals surface area contributed by atoms with Crippen LogP contribution in [0.2, 0.25) is 0 Å². The minimum atomic E-state index is -1.01. The number of hydrogen-bond donors (Lipinski definition) is 1. The minimum absolute atomic E-state index is 0.130. The number of hydrogen-bond acceptors (Lipinski definition) is 4. The van der Waals surface area contributed by atoms with E-state index in [1.807, 2.05) is 6.07 Å². The lowest BCUT2D eigenvalue weighted by atomic mass is 9.96. The second-order valence-electron chi connectivity index (χ2n) is 8.46. The van der Waals surface area contributed by atoms with Crippen molar-refractivity contribution in [1.82, 2.24) is 0 Å². The zero-order chi connectivity index (χ0) is 23.5. The summed E-state index contributed by atoms with van der Waals surface area (Å²) < 4.78 is 5.59. The van der Waals surface area contributed by atoms with E-state index >= 15 is 0 Å². The number of ether oxygens (including phenoxy) is 1. The molecule has 1 unspecified atom stereocenters. The smallest absolute Gasteiger partial charge is 0.333 e. The Labute approximate surface area is 196 Å². The molecule has 2 aromatic carbocycles. The molecule has 0 fully saturated rings. The maximum absolute atomic E-state index is 13.1. The highest BCUT2D eigenvalue weighted by Gasteiger charge is 2.44. The van der Waals surface area contributed by atoms with Crippen LogP contribution in [0.25, 0.3) is 0 Å². The van der Waals surface area contributed by atoms with Crippen molar-refractivity contribution in [3.8, 4) is 0 Å². The van der Waals surface area contributed by atoms with Gasteiger partial charge in [0.15, 0.2) is 5.78 Å². The number of ketones is 1. The van der Waals surface area contributed by atoms with Gasteiger partial charge in [0.05, 0.1) is 5.69 Å². The number of rotatable bonds is 13. The molecule has 33 heavy (non-hydrogen) atoms. The number of carbonyl (C=O) groups is 3. The summed E-state index contributed by atoms with van der Waals surface area (Å²) in [5.41, 5.74) is 1.57. The van der Waals surface area contributed by atoms with E-state index in [0.717, 1.165) is 17.7 Å². The van der Waals surface area contributed by atoms with E-state index < -0.39 is 17.9 Å². The van der Waals surface area contributed by atoms with Crippen LogP contribution < -0.4 is 10.2 Å². The molecule has 176 valence electrons. The third-order valence-electron chi connectivity index (χ3n) is 5.89. The monoisotopic (exact) mass is 450 g/mol. The second-order valence-corrected chi connectivity index (χ2v) is 8.46. The number of nitrogens with one attached hydrogen (secondary N) is 1. The number of para-hydroxylation sites is 2. The molecular formula is C27H34N2O4. The Kier molecular flexibility index (Phi) is 9.63. The molecule has 1 aliphatic rings. The van der Waals surface area contributed by atoms with Gasteiger partial charge in [0.2, 0.25) is 5.91 Å². The molecule has 1 heterocycles. The number of Topliss-reactive ketones (excluding diaryl/α,β-unsaturated/α-hetero) is 1. The van der Waals surface area contributed by atoms with Gasteiger partial charge in [0.25, 0.3) is 0 Å². The Morgan fingerprint density at radius 1 is 0.879 bits per heavy atom. The zero-order valence-electron chi connectivity index (χ0n) is 19.4. The fourth-order valence-electron chi connectivity index (χ4n) is 4.13. The molecule has 0 bridgehead atoms. The van der Waals surface area contributed by atoms with Crippen LogP contribution in [0.3, 0.4) is 0 Å². The Bertz CT molecular complexity index is 929. The third kappa shape index (κ3) is 6.75. The number of unbranched alkanes of at least 4 members (excludes halogenated alkanes) is 7. The molecule has 0 saturated carbocycles. The first-order chi connectivity index (χ1) is 16.1. The number of nitrogens with zero attached hydrogens (tertiary/aromatic N) is 1. The fourth-order valence-corrected chi connectivity index (χ4v) is 4.13. The number of urea groups is 1. The Morgan fingerprint density at radius 2 is 1.52 bits per heavy atom. The van der Waals surface area contributed by atoms with Crippen molar-refractivity contribution >= 4 is 29.1 Å². The molecule has 3 amide bonds. The van der Waals surface area contributed by atoms with Gasteiger partial charge >= 0.3 is 6.03 Å². The standard InChI is InChI=1S/C27H34N2O4/c1-2-3-4-5-6-7-8-14-19-33-20-24(30)25-22-17-12-13-18-23(22)29(26(25)31)27(32)28-21-15-10-9-11-16-21/h9-13,15-18,25H,2-8,14,19-20H2,1H3,(H,28,32). The van der Waals surface area contributed by atoms with Crippen LogP contribution in [-0.2, 0) is 14.3 Å². The summed E-state index contributed by atoms with van der Waals surface area (Å²) in [7, 11) is 0. The van der Waals surface area contributed by atoms with Crippen molar-refractivity contribution in [3.05, 3.63) is 60.2 Å². The van der Waals surface area contributed by atoms with Crippen molar-refractivity contribution in [1.29, 1.82) is 0 Å². The largest absolute Gasteiger partial charge is 0.374 e. The van der Waals surface area contributed by atoms with E-state index in [1.165, 1.54) is 38.5 Å². The fraction of sp³-hybridized carbons (Fsp3) is 0.444. The summed E-state index contributed by atoms with van der Waals surface area (Å²) in [6.07, 6.45) is 9.56. The molecule has 0 spiro atoms. The normalized spacial score (nSPS) is 14.9. The Hall–Kier alpha value is -2.99. The van der Waals surface area contributed by atoms with Gasteiger partial charge < -0.3 is 10.1 Å². The van der Waals surface area contributed by atoms with Crippen molar-refractivity contribution in [2.45, 2.75) is 64.2 Å². The van der Waals surface area contributed by atoms with E-state index in [9.17, 15) is 14.4 Å². The van der Waals surface area contributed by atoms with Gasteiger partial charge in [-0.15, -0.1) is 0 Å². The van der Waals surface area contributed by atoms with E-state index in [4.69, 9.17) is 4.74 Å². The Balaban J connectivity index is 1.50. The minimum Gasteiger partial charge on any atom is -0.374 e. The molecule has 1 atom stereocenters. The van der Waals surface area contributed by atoms with Gasteiger partial charge in [0.1, 0.15) is 12.5 Å². The van der Waals surface area contributed by atoms with Gasteiger partial charge in [-0.25, -0.2) is 9.69 Å². The molecule has 0 radical (unpaired) electrons. The lowest BCUT2D eigenvalue weighted by Gasteiger charge is -2.17. The lowest BCUT2D eigenvalue weighted by molar-refractivity contribution is -0.130. The topological polar surface area (TPSA) is 75.7 Å². The van der Waals surface area contributed by atoms with Gasteiger partial charge in [-0.05, 0) is 30.2 Å². The number of fused-ring (bicyclic) bond motifs is 1. The van der Waals surface area contributed by atoms with Crippen LogP contribution in [-0.4, -0.2) is 30.9 Å². The highest BCUT2D eigenvalue weighted by atomic mass is 16.5. The van der Waals surface area contributed by atoms with Crippen LogP contribution in [0.15, 0.2) is 54.6 Å². The van der Waals surface area contributed by atoms with Gasteiger partial charge in [-0.2, -0.15) is 0 Å². The maximum Gasteiger partial charge on any atom is 0.333 e. The van der Waals surface area contributed by atoms with Crippen LogP contribution in [0.1, 0.15) is 69.8 Å². The molecule has 0 aromatic heterocycles. The summed E-state index contributed by atoms with van der Waals surface area (Å²) in [4.78, 5) is 39.9. The van der Waals surface area contributed by atoms with Crippen molar-refractivity contribution < 1.29 is 19.1 Å². The third-order valence-corrected chi connectivity index (χ3v) is 5.89. The lowest BCUT2D eigenvalue weighted by Crippen LogP contribution is -2.40. The van der Waals surface area contributed by atoms with Crippen molar-refractivity contribution in [2.75, 3.05) is 23.4 Å². The van der Waals surface area contributed by atoms with E-state index in [1.54, 1.807) is 48.5 Å². The number of amides is 3. The van der Waals surface area contributed by atoms with Gasteiger partial charge in [-0.3, -0.25) is 9.59 Å². The van der Waals surface area contributed by atoms with Crippen LogP contribution in [0, 0.1) is 0 Å². The van der Waals surface area contributed by atoms with Crippen LogP contribution >= 0.6 is 0 Å². The Morgan fingerprint density at radius 3 is 2.24 bits per heavy atom. The summed E-state index contributed by atoms with van der Waals surface area (Å²) in [5, 5.41) is 2.73. The highest BCUT2D eigenvalue weighted by Crippen LogP contribution is 2.38. The summed E-state index contributed by atoms with van der Waals surface area (Å²) in [5.74, 6) is -1.87. The van der Waals surface area contributed by atoms with E-state index in [0.29, 0.717) is 23.5 Å². The average molecular weight is 451 g/mol. The second kappa shape index (κ2) is 12.9. The molecule has 6 heteroatoms. The van der Waals surface area contributed by atoms with Crippen molar-refractivity contribution in [2.24, 2.45) is 0 Å². The van der Waals surface area contributed by atoms with Crippen molar-refractivity contribution in [3.63, 3.8) is 0 Å². The predicted octanol–water partition coefficient (Wildman–Crippen LogP) is 6.08. The van der Waals surface area contributed by atoms with E-state index in [2.05, 4.69) is 12.2 Å². The molecule has 1 aliphatic heterocycles. The molecule has 6 nitrogen and oxygen atoms in total. The highest BCUT2D eigenvalue weighted by molar-refractivity contribution is 6.29. The first kappa shape index (κ1) is 24.6. The summed E-state index contributed by atoms with van der Waals surface area (Å²) in [6.45, 7) is 2.59. The SMILES string of the molecule is CCCCCCCCCCOCC(=O)C1C(=O)N(C(=O)Nc2ccccc2)c2ccccc21. The number of imide groups is 1. The first-order valence-electron chi connectivity index (χ1n) is 12.0. The maximum atomic E-state index is 13.1. The average Bonchev–Trinajstić information content (AvgIpc) is 3.12. The van der Waals surface area contributed by atoms with Gasteiger partial charge in [-0.1, -0.05) is 88.3 Å². The summed E-state index contributed by atoms with van der Waals surface area (Å²) in [6, 6.07) is 15.3. The van der Waals surface area contributed by atoms with Crippen LogP contribution in [0.5, 0.6) is 0 Å². The molecule has 0 saturated heterocycles. The molecule has 1 N–H and O–H groups in total. The molecule has 2 aromatic rings. The number of anilines is 2. The number of carbonyl (C=O) groups excluding carboxylic acids is 3. The predicted molar refractivity (Wildman–Crippen MR) is 131 cm³/mol. The van der Waals surface area contributed by atoms with Gasteiger partial charge in [0, 0.05) is 12.3 Å².